The molecule has 1 amide bonds. The molecule has 0 unspecified atom stereocenters. The molecule has 1 aliphatic rings. The second kappa shape index (κ2) is 4.45. The van der Waals surface area contributed by atoms with E-state index in [-0.39, 0.29) is 28.8 Å². The van der Waals surface area contributed by atoms with Gasteiger partial charge >= 0.3 is 0 Å². The van der Waals surface area contributed by atoms with Crippen LogP contribution >= 0.6 is 0 Å². The molecule has 1 saturated carbocycles. The van der Waals surface area contributed by atoms with Crippen molar-refractivity contribution in [1.29, 1.82) is 0 Å². The van der Waals surface area contributed by atoms with Crippen molar-refractivity contribution in [3.8, 4) is 0 Å². The third-order valence-electron chi connectivity index (χ3n) is 4.24. The fourth-order valence-corrected chi connectivity index (χ4v) is 3.20. The predicted octanol–water partition coefficient (Wildman–Crippen LogP) is 2.22. The van der Waals surface area contributed by atoms with Crippen LogP contribution in [0.5, 0.6) is 0 Å². The van der Waals surface area contributed by atoms with E-state index >= 15 is 0 Å². The fourth-order valence-electron chi connectivity index (χ4n) is 3.20. The van der Waals surface area contributed by atoms with Crippen LogP contribution < -0.4 is 11.1 Å². The van der Waals surface area contributed by atoms with Crippen LogP contribution in [0.4, 0.5) is 0 Å². The molecule has 1 aliphatic carbocycles. The zero-order valence-electron chi connectivity index (χ0n) is 11.9. The largest absolute Gasteiger partial charge is 0.348 e. The lowest BCUT2D eigenvalue weighted by Gasteiger charge is -2.62. The topological polar surface area (TPSA) is 55.1 Å². The predicted molar refractivity (Wildman–Crippen MR) is 71.5 cm³/mol. The molecule has 0 spiro atoms. The average Bonchev–Trinajstić information content (AvgIpc) is 2.24. The van der Waals surface area contributed by atoms with Crippen LogP contribution in [0.1, 0.15) is 48.0 Å². The summed E-state index contributed by atoms with van der Waals surface area (Å²) in [7, 11) is 0. The number of hydrogen-bond donors (Lipinski definition) is 2. The summed E-state index contributed by atoms with van der Waals surface area (Å²) in [5.74, 6) is 0.0323. The Kier molecular flexibility index (Phi) is 3.72. The summed E-state index contributed by atoms with van der Waals surface area (Å²) in [4.78, 5) is 12.0. The summed E-state index contributed by atoms with van der Waals surface area (Å²) < 4.78 is 0. The molecule has 3 nitrogen and oxygen atoms in total. The van der Waals surface area contributed by atoms with Gasteiger partial charge in [-0.15, -0.1) is 0 Å². The van der Waals surface area contributed by atoms with Crippen LogP contribution in [0.15, 0.2) is 11.6 Å². The van der Waals surface area contributed by atoms with E-state index in [0.29, 0.717) is 0 Å². The van der Waals surface area contributed by atoms with Crippen molar-refractivity contribution in [3.63, 3.8) is 0 Å². The number of allylic oxidation sites excluding steroid dienone is 1. The SMILES string of the molecule is CCC=C(C)C(=O)NC1C(C)(C)C(N)C1(C)C. The Morgan fingerprint density at radius 2 is 1.76 bits per heavy atom. The van der Waals surface area contributed by atoms with E-state index in [1.165, 1.54) is 0 Å². The van der Waals surface area contributed by atoms with Crippen LogP contribution in [0, 0.1) is 10.8 Å². The smallest absolute Gasteiger partial charge is 0.246 e. The Bertz CT molecular complexity index is 326. The van der Waals surface area contributed by atoms with Crippen molar-refractivity contribution in [2.24, 2.45) is 16.6 Å². The van der Waals surface area contributed by atoms with Gasteiger partial charge in [0.2, 0.25) is 5.91 Å². The molecule has 0 aliphatic heterocycles. The molecule has 0 aromatic heterocycles. The Balaban J connectivity index is 2.76. The highest BCUT2D eigenvalue weighted by atomic mass is 16.1. The first kappa shape index (κ1) is 14.2. The molecule has 0 radical (unpaired) electrons. The van der Waals surface area contributed by atoms with Crippen LogP contribution in [0.25, 0.3) is 0 Å². The molecule has 0 aromatic rings. The maximum Gasteiger partial charge on any atom is 0.246 e. The zero-order chi connectivity index (χ0) is 13.4. The highest BCUT2D eigenvalue weighted by molar-refractivity contribution is 5.93. The fraction of sp³-hybridized carbons (Fsp3) is 0.786. The van der Waals surface area contributed by atoms with Gasteiger partial charge in [0.05, 0.1) is 0 Å². The van der Waals surface area contributed by atoms with E-state index < -0.39 is 0 Å². The van der Waals surface area contributed by atoms with Crippen LogP contribution in [-0.2, 0) is 4.79 Å². The molecule has 0 saturated heterocycles. The summed E-state index contributed by atoms with van der Waals surface area (Å²) in [6.45, 7) is 12.4. The van der Waals surface area contributed by atoms with Gasteiger partial charge in [0, 0.05) is 28.5 Å². The zero-order valence-corrected chi connectivity index (χ0v) is 11.9. The van der Waals surface area contributed by atoms with Crippen molar-refractivity contribution in [1.82, 2.24) is 5.32 Å². The number of amides is 1. The first-order valence-electron chi connectivity index (χ1n) is 6.38. The Hall–Kier alpha value is -0.830. The standard InChI is InChI=1S/C14H26N2O/c1-7-8-9(2)10(17)16-12-13(3,4)11(15)14(12,5)6/h8,11-12H,7,15H2,1-6H3,(H,16,17). The second-order valence-corrected chi connectivity index (χ2v) is 6.32. The maximum atomic E-state index is 12.0. The summed E-state index contributed by atoms with van der Waals surface area (Å²) in [6, 6.07) is 0.258. The van der Waals surface area contributed by atoms with E-state index in [2.05, 4.69) is 33.0 Å². The van der Waals surface area contributed by atoms with Crippen LogP contribution in [0.2, 0.25) is 0 Å². The van der Waals surface area contributed by atoms with Crippen molar-refractivity contribution in [2.45, 2.75) is 60.0 Å². The van der Waals surface area contributed by atoms with Crippen molar-refractivity contribution >= 4 is 5.91 Å². The number of rotatable bonds is 3. The monoisotopic (exact) mass is 238 g/mol. The van der Waals surface area contributed by atoms with Crippen molar-refractivity contribution < 1.29 is 4.79 Å². The normalized spacial score (nSPS) is 30.6. The number of hydrogen-bond acceptors (Lipinski definition) is 2. The third-order valence-corrected chi connectivity index (χ3v) is 4.24. The van der Waals surface area contributed by atoms with E-state index in [4.69, 9.17) is 5.73 Å². The van der Waals surface area contributed by atoms with Gasteiger partial charge in [0.25, 0.3) is 0 Å². The molecule has 98 valence electrons. The van der Waals surface area contributed by atoms with E-state index in [1.807, 2.05) is 19.9 Å². The van der Waals surface area contributed by atoms with Gasteiger partial charge in [-0.25, -0.2) is 0 Å². The number of nitrogens with two attached hydrogens (primary N) is 1. The van der Waals surface area contributed by atoms with Gasteiger partial charge in [-0.05, 0) is 13.3 Å². The minimum Gasteiger partial charge on any atom is -0.348 e. The Morgan fingerprint density at radius 3 is 2.18 bits per heavy atom. The lowest BCUT2D eigenvalue weighted by molar-refractivity contribution is -0.128. The van der Waals surface area contributed by atoms with Crippen LogP contribution in [0.3, 0.4) is 0 Å². The van der Waals surface area contributed by atoms with E-state index in [0.717, 1.165) is 12.0 Å². The van der Waals surface area contributed by atoms with Gasteiger partial charge in [-0.3, -0.25) is 4.79 Å². The summed E-state index contributed by atoms with van der Waals surface area (Å²) in [5.41, 5.74) is 6.89. The molecular weight excluding hydrogens is 212 g/mol. The molecule has 0 atom stereocenters. The van der Waals surface area contributed by atoms with Crippen molar-refractivity contribution in [3.05, 3.63) is 11.6 Å². The first-order chi connectivity index (χ1) is 7.65. The molecule has 17 heavy (non-hydrogen) atoms. The van der Waals surface area contributed by atoms with Gasteiger partial charge < -0.3 is 11.1 Å². The van der Waals surface area contributed by atoms with Gasteiger partial charge in [-0.2, -0.15) is 0 Å². The first-order valence-corrected chi connectivity index (χ1v) is 6.38. The summed E-state index contributed by atoms with van der Waals surface area (Å²) in [6.07, 6.45) is 2.84. The Labute approximate surface area is 105 Å². The van der Waals surface area contributed by atoms with Crippen LogP contribution in [-0.4, -0.2) is 18.0 Å². The minimum absolute atomic E-state index is 0.0323. The third kappa shape index (κ3) is 2.25. The summed E-state index contributed by atoms with van der Waals surface area (Å²) >= 11 is 0. The average molecular weight is 238 g/mol. The lowest BCUT2D eigenvalue weighted by Crippen LogP contribution is -2.76. The highest BCUT2D eigenvalue weighted by Gasteiger charge is 2.60. The molecule has 0 heterocycles. The molecule has 0 aromatic carbocycles. The molecule has 1 rings (SSSR count). The number of carbonyl (C=O) groups excluding carboxylic acids is 1. The van der Waals surface area contributed by atoms with E-state index in [1.54, 1.807) is 0 Å². The van der Waals surface area contributed by atoms with E-state index in [9.17, 15) is 4.79 Å². The molecule has 3 N–H and O–H groups in total. The molecule has 1 fully saturated rings. The summed E-state index contributed by atoms with van der Waals surface area (Å²) in [5, 5.41) is 3.12. The molecule has 0 bridgehead atoms. The maximum absolute atomic E-state index is 12.0. The minimum atomic E-state index is -0.0361. The number of carbonyl (C=O) groups is 1. The highest BCUT2D eigenvalue weighted by Crippen LogP contribution is 2.52. The Morgan fingerprint density at radius 1 is 1.29 bits per heavy atom. The van der Waals surface area contributed by atoms with Gasteiger partial charge in [0.15, 0.2) is 0 Å². The lowest BCUT2D eigenvalue weighted by atomic mass is 9.48. The molecule has 3 heteroatoms. The second-order valence-electron chi connectivity index (χ2n) is 6.32. The quantitative estimate of drug-likeness (QED) is 0.741. The molecular formula is C14H26N2O. The van der Waals surface area contributed by atoms with Gasteiger partial charge in [0.1, 0.15) is 0 Å². The number of nitrogens with one attached hydrogen (secondary N) is 1. The van der Waals surface area contributed by atoms with Gasteiger partial charge in [-0.1, -0.05) is 40.7 Å². The van der Waals surface area contributed by atoms with Crippen molar-refractivity contribution in [2.75, 3.05) is 0 Å².